The van der Waals surface area contributed by atoms with Gasteiger partial charge in [0.25, 0.3) is 5.69 Å². The Balaban J connectivity index is 2.18. The van der Waals surface area contributed by atoms with Crippen LogP contribution in [0.15, 0.2) is 59.8 Å². The van der Waals surface area contributed by atoms with Gasteiger partial charge in [0, 0.05) is 17.5 Å². The Bertz CT molecular complexity index is 1010. The fraction of sp³-hybridized carbons (Fsp3) is 0.200. The number of anilines is 1. The summed E-state index contributed by atoms with van der Waals surface area (Å²) in [6, 6.07) is 10.9. The number of halogens is 1. The van der Waals surface area contributed by atoms with Gasteiger partial charge >= 0.3 is 5.97 Å². The Morgan fingerprint density at radius 3 is 2.55 bits per heavy atom. The van der Waals surface area contributed by atoms with Crippen LogP contribution in [0.4, 0.5) is 15.8 Å². The van der Waals surface area contributed by atoms with E-state index in [4.69, 9.17) is 17.0 Å². The van der Waals surface area contributed by atoms with Crippen molar-refractivity contribution in [3.8, 4) is 0 Å². The van der Waals surface area contributed by atoms with Crippen molar-refractivity contribution >= 4 is 34.7 Å². The number of nitrogens with one attached hydrogen (secondary N) is 1. The summed E-state index contributed by atoms with van der Waals surface area (Å²) in [6.45, 7) is 3.48. The molecule has 0 amide bonds. The van der Waals surface area contributed by atoms with Gasteiger partial charge in [0.2, 0.25) is 0 Å². The summed E-state index contributed by atoms with van der Waals surface area (Å²) in [6.07, 6.45) is 0. The Morgan fingerprint density at radius 2 is 1.93 bits per heavy atom. The fourth-order valence-corrected chi connectivity index (χ4v) is 3.61. The largest absolute Gasteiger partial charge is 0.463 e. The molecule has 0 bridgehead atoms. The smallest absolute Gasteiger partial charge is 0.338 e. The van der Waals surface area contributed by atoms with Gasteiger partial charge in [-0.1, -0.05) is 12.1 Å². The third kappa shape index (κ3) is 3.95. The molecule has 7 nitrogen and oxygen atoms in total. The van der Waals surface area contributed by atoms with Gasteiger partial charge in [-0.2, -0.15) is 0 Å². The summed E-state index contributed by atoms with van der Waals surface area (Å²) in [4.78, 5) is 25.4. The van der Waals surface area contributed by atoms with E-state index in [1.54, 1.807) is 36.9 Å². The fourth-order valence-electron chi connectivity index (χ4n) is 3.25. The highest BCUT2D eigenvalue weighted by atomic mass is 32.1. The maximum atomic E-state index is 13.3. The number of carbonyl (C=O) groups excluding carboxylic acids is 1. The maximum Gasteiger partial charge on any atom is 0.338 e. The van der Waals surface area contributed by atoms with Crippen LogP contribution in [0.1, 0.15) is 25.5 Å². The number of thiocarbonyl (C=S) groups is 1. The SMILES string of the molecule is CCOC(=O)C1=C(C)N(c2ccc(F)cc2)C(=S)N[C@H]1c1ccccc1[N+](=O)[O-]. The number of rotatable bonds is 5. The van der Waals surface area contributed by atoms with Crippen LogP contribution in [-0.2, 0) is 9.53 Å². The summed E-state index contributed by atoms with van der Waals surface area (Å²) >= 11 is 5.47. The van der Waals surface area contributed by atoms with Crippen LogP contribution in [0.2, 0.25) is 0 Å². The van der Waals surface area contributed by atoms with Crippen molar-refractivity contribution in [3.05, 3.63) is 81.3 Å². The highest BCUT2D eigenvalue weighted by Crippen LogP contribution is 2.37. The molecule has 0 radical (unpaired) electrons. The van der Waals surface area contributed by atoms with Crippen LogP contribution in [0.5, 0.6) is 0 Å². The molecule has 1 atom stereocenters. The lowest BCUT2D eigenvalue weighted by Gasteiger charge is -2.37. The molecule has 1 heterocycles. The predicted molar refractivity (Wildman–Crippen MR) is 110 cm³/mol. The number of hydrogen-bond donors (Lipinski definition) is 1. The molecule has 150 valence electrons. The number of ether oxygens (including phenoxy) is 1. The van der Waals surface area contributed by atoms with Crippen molar-refractivity contribution in [2.24, 2.45) is 0 Å². The number of nitrogens with zero attached hydrogens (tertiary/aromatic N) is 2. The summed E-state index contributed by atoms with van der Waals surface area (Å²) in [7, 11) is 0. The molecule has 2 aromatic carbocycles. The number of hydrogen-bond acceptors (Lipinski definition) is 5. The van der Waals surface area contributed by atoms with E-state index in [0.717, 1.165) is 0 Å². The minimum atomic E-state index is -0.861. The quantitative estimate of drug-likeness (QED) is 0.342. The van der Waals surface area contributed by atoms with Crippen LogP contribution < -0.4 is 10.2 Å². The van der Waals surface area contributed by atoms with Gasteiger partial charge < -0.3 is 10.1 Å². The number of benzene rings is 2. The molecule has 0 aromatic heterocycles. The van der Waals surface area contributed by atoms with Crippen molar-refractivity contribution in [1.82, 2.24) is 5.32 Å². The topological polar surface area (TPSA) is 84.7 Å². The first-order valence-electron chi connectivity index (χ1n) is 8.82. The Kier molecular flexibility index (Phi) is 5.88. The summed E-state index contributed by atoms with van der Waals surface area (Å²) in [5, 5.41) is 14.8. The maximum absolute atomic E-state index is 13.3. The molecule has 0 saturated heterocycles. The van der Waals surface area contributed by atoms with E-state index < -0.39 is 22.8 Å². The molecule has 2 aromatic rings. The zero-order chi connectivity index (χ0) is 21.1. The zero-order valence-corrected chi connectivity index (χ0v) is 16.5. The van der Waals surface area contributed by atoms with Crippen LogP contribution in [0.25, 0.3) is 0 Å². The number of carbonyl (C=O) groups is 1. The van der Waals surface area contributed by atoms with Gasteiger partial charge in [0.1, 0.15) is 5.82 Å². The second-order valence-electron chi connectivity index (χ2n) is 6.23. The molecule has 9 heteroatoms. The highest BCUT2D eigenvalue weighted by Gasteiger charge is 2.38. The van der Waals surface area contributed by atoms with Crippen molar-refractivity contribution < 1.29 is 18.8 Å². The lowest BCUT2D eigenvalue weighted by Crippen LogP contribution is -2.48. The Labute approximate surface area is 171 Å². The number of nitro benzene ring substituents is 1. The molecule has 0 saturated carbocycles. The molecule has 0 fully saturated rings. The second-order valence-corrected chi connectivity index (χ2v) is 6.62. The summed E-state index contributed by atoms with van der Waals surface area (Å²) < 4.78 is 18.5. The van der Waals surface area contributed by atoms with Gasteiger partial charge in [0.15, 0.2) is 5.11 Å². The summed E-state index contributed by atoms with van der Waals surface area (Å²) in [5.74, 6) is -1.02. The number of esters is 1. The predicted octanol–water partition coefficient (Wildman–Crippen LogP) is 4.01. The van der Waals surface area contributed by atoms with Crippen molar-refractivity contribution in [2.75, 3.05) is 11.5 Å². The Hall–Kier alpha value is -3.33. The average Bonchev–Trinajstić information content (AvgIpc) is 2.69. The lowest BCUT2D eigenvalue weighted by atomic mass is 9.93. The first-order chi connectivity index (χ1) is 13.8. The van der Waals surface area contributed by atoms with Crippen LogP contribution >= 0.6 is 12.2 Å². The van der Waals surface area contributed by atoms with Crippen LogP contribution in [0, 0.1) is 15.9 Å². The third-order valence-electron chi connectivity index (χ3n) is 4.51. The first kappa shape index (κ1) is 20.4. The van der Waals surface area contributed by atoms with Gasteiger partial charge in [-0.3, -0.25) is 15.0 Å². The molecular formula is C20H18FN3O4S. The van der Waals surface area contributed by atoms with E-state index in [2.05, 4.69) is 5.32 Å². The third-order valence-corrected chi connectivity index (χ3v) is 4.81. The van der Waals surface area contributed by atoms with Crippen molar-refractivity contribution in [3.63, 3.8) is 0 Å². The molecule has 29 heavy (non-hydrogen) atoms. The van der Waals surface area contributed by atoms with Crippen molar-refractivity contribution in [1.29, 1.82) is 0 Å². The van der Waals surface area contributed by atoms with Crippen LogP contribution in [-0.4, -0.2) is 22.6 Å². The minimum Gasteiger partial charge on any atom is -0.463 e. The molecule has 0 aliphatic carbocycles. The van der Waals surface area contributed by atoms with Crippen molar-refractivity contribution in [2.45, 2.75) is 19.9 Å². The van der Waals surface area contributed by atoms with E-state index in [0.29, 0.717) is 16.9 Å². The minimum absolute atomic E-state index is 0.139. The van der Waals surface area contributed by atoms with Gasteiger partial charge in [-0.25, -0.2) is 9.18 Å². The van der Waals surface area contributed by atoms with Crippen LogP contribution in [0.3, 0.4) is 0 Å². The van der Waals surface area contributed by atoms with E-state index in [9.17, 15) is 19.3 Å². The van der Waals surface area contributed by atoms with E-state index >= 15 is 0 Å². The molecule has 0 unspecified atom stereocenters. The van der Waals surface area contributed by atoms with E-state index in [1.165, 1.54) is 30.3 Å². The number of nitro groups is 1. The lowest BCUT2D eigenvalue weighted by molar-refractivity contribution is -0.385. The van der Waals surface area contributed by atoms with E-state index in [1.807, 2.05) is 0 Å². The summed E-state index contributed by atoms with van der Waals surface area (Å²) in [5.41, 5.74) is 1.34. The van der Waals surface area contributed by atoms with Gasteiger partial charge in [-0.15, -0.1) is 0 Å². The monoisotopic (exact) mass is 415 g/mol. The zero-order valence-electron chi connectivity index (χ0n) is 15.7. The number of para-hydroxylation sites is 1. The standard InChI is InChI=1S/C20H18FN3O4S/c1-3-28-19(25)17-12(2)23(14-10-8-13(21)9-11-14)20(29)22-18(17)15-6-4-5-7-16(15)24(26)27/h4-11,18H,3H2,1-2H3,(H,22,29)/t18-/m0/s1. The molecule has 0 spiro atoms. The molecular weight excluding hydrogens is 397 g/mol. The second kappa shape index (κ2) is 8.36. The highest BCUT2D eigenvalue weighted by molar-refractivity contribution is 7.80. The average molecular weight is 415 g/mol. The molecule has 1 aliphatic heterocycles. The van der Waals surface area contributed by atoms with E-state index in [-0.39, 0.29) is 23.0 Å². The first-order valence-corrected chi connectivity index (χ1v) is 9.23. The Morgan fingerprint density at radius 1 is 1.28 bits per heavy atom. The number of allylic oxidation sites excluding steroid dienone is 1. The molecule has 1 aliphatic rings. The van der Waals surface area contributed by atoms with Gasteiger partial charge in [-0.05, 0) is 56.4 Å². The molecule has 3 rings (SSSR count). The molecule has 1 N–H and O–H groups in total. The van der Waals surface area contributed by atoms with Gasteiger partial charge in [0.05, 0.1) is 28.7 Å². The normalized spacial score (nSPS) is 16.4.